The van der Waals surface area contributed by atoms with Gasteiger partial charge in [0, 0.05) is 17.4 Å². The summed E-state index contributed by atoms with van der Waals surface area (Å²) in [4.78, 5) is 17.0. The van der Waals surface area contributed by atoms with E-state index in [-0.39, 0.29) is 10.1 Å². The minimum atomic E-state index is -3.63. The first-order chi connectivity index (χ1) is 15.5. The number of carbonyl (C=O) groups excluding carboxylic acids is 1. The molecule has 2 aromatic heterocycles. The van der Waals surface area contributed by atoms with E-state index < -0.39 is 10.0 Å². The lowest BCUT2D eigenvalue weighted by molar-refractivity contribution is 0.102. The fourth-order valence-corrected chi connectivity index (χ4v) is 5.71. The van der Waals surface area contributed by atoms with Crippen LogP contribution in [0.25, 0.3) is 0 Å². The van der Waals surface area contributed by atoms with E-state index in [0.717, 1.165) is 11.3 Å². The molecule has 1 amide bonds. The van der Waals surface area contributed by atoms with Gasteiger partial charge >= 0.3 is 0 Å². The predicted octanol–water partition coefficient (Wildman–Crippen LogP) is 5.16. The number of sulfonamides is 1. The fraction of sp³-hybridized carbons (Fsp3) is 0.304. The summed E-state index contributed by atoms with van der Waals surface area (Å²) >= 11 is 1.14. The van der Waals surface area contributed by atoms with Crippen molar-refractivity contribution >= 4 is 38.8 Å². The molecule has 1 aliphatic rings. The normalized spacial score (nSPS) is 14.6. The van der Waals surface area contributed by atoms with Crippen LogP contribution in [0.5, 0.6) is 5.75 Å². The van der Waals surface area contributed by atoms with Crippen LogP contribution in [0, 0.1) is 5.92 Å². The van der Waals surface area contributed by atoms with E-state index in [1.54, 1.807) is 54.0 Å². The average Bonchev–Trinajstić information content (AvgIpc) is 3.36. The van der Waals surface area contributed by atoms with Crippen LogP contribution in [0.1, 0.15) is 42.5 Å². The number of benzene rings is 1. The van der Waals surface area contributed by atoms with Gasteiger partial charge in [-0.15, -0.1) is 11.3 Å². The Labute approximate surface area is 191 Å². The Kier molecular flexibility index (Phi) is 7.06. The Morgan fingerprint density at radius 1 is 1.06 bits per heavy atom. The van der Waals surface area contributed by atoms with Gasteiger partial charge in [-0.05, 0) is 66.6 Å². The summed E-state index contributed by atoms with van der Waals surface area (Å²) in [6.45, 7) is 0.619. The molecule has 0 aliphatic heterocycles. The molecule has 4 rings (SSSR count). The number of carbonyl (C=O) groups is 1. The third kappa shape index (κ3) is 5.66. The maximum absolute atomic E-state index is 12.7. The number of amides is 1. The van der Waals surface area contributed by atoms with Crippen molar-refractivity contribution in [3.63, 3.8) is 0 Å². The molecule has 1 aromatic carbocycles. The van der Waals surface area contributed by atoms with E-state index in [1.165, 1.54) is 38.2 Å². The second-order valence-electron chi connectivity index (χ2n) is 7.73. The van der Waals surface area contributed by atoms with E-state index >= 15 is 0 Å². The molecule has 1 saturated carbocycles. The highest BCUT2D eigenvalue weighted by molar-refractivity contribution is 7.94. The van der Waals surface area contributed by atoms with Gasteiger partial charge in [0.2, 0.25) is 0 Å². The van der Waals surface area contributed by atoms with Gasteiger partial charge in [0.1, 0.15) is 4.21 Å². The number of rotatable bonds is 8. The average molecular weight is 472 g/mol. The van der Waals surface area contributed by atoms with Crippen molar-refractivity contribution in [2.45, 2.75) is 36.3 Å². The second-order valence-corrected chi connectivity index (χ2v) is 10.6. The van der Waals surface area contributed by atoms with Gasteiger partial charge in [-0.3, -0.25) is 9.52 Å². The third-order valence-electron chi connectivity index (χ3n) is 5.36. The monoisotopic (exact) mass is 471 g/mol. The quantitative estimate of drug-likeness (QED) is 0.473. The molecule has 32 heavy (non-hydrogen) atoms. The summed E-state index contributed by atoms with van der Waals surface area (Å²) in [5, 5.41) is 4.49. The maximum atomic E-state index is 12.7. The summed E-state index contributed by atoms with van der Waals surface area (Å²) in [6, 6.07) is 13.0. The molecule has 9 heteroatoms. The van der Waals surface area contributed by atoms with Gasteiger partial charge in [-0.25, -0.2) is 13.4 Å². The van der Waals surface area contributed by atoms with Gasteiger partial charge in [0.25, 0.3) is 15.9 Å². The number of ether oxygens (including phenoxy) is 1. The molecule has 3 aromatic rings. The van der Waals surface area contributed by atoms with E-state index in [2.05, 4.69) is 15.0 Å². The van der Waals surface area contributed by atoms with Gasteiger partial charge in [-0.1, -0.05) is 25.3 Å². The number of anilines is 2. The molecule has 0 radical (unpaired) electrons. The highest BCUT2D eigenvalue weighted by atomic mass is 32.2. The van der Waals surface area contributed by atoms with Crippen molar-refractivity contribution in [3.8, 4) is 5.75 Å². The molecule has 0 unspecified atom stereocenters. The van der Waals surface area contributed by atoms with Gasteiger partial charge in [0.15, 0.2) is 11.6 Å². The Hall–Kier alpha value is -2.91. The number of hydrogen-bond donors (Lipinski definition) is 2. The number of nitrogens with zero attached hydrogens (tertiary/aromatic N) is 1. The largest absolute Gasteiger partial charge is 0.489 e. The van der Waals surface area contributed by atoms with Gasteiger partial charge in [-0.2, -0.15) is 0 Å². The van der Waals surface area contributed by atoms with E-state index in [4.69, 9.17) is 4.74 Å². The second kappa shape index (κ2) is 10.1. The Balaban J connectivity index is 1.39. The Morgan fingerprint density at radius 3 is 2.56 bits per heavy atom. The molecule has 0 saturated heterocycles. The maximum Gasteiger partial charge on any atom is 0.271 e. The van der Waals surface area contributed by atoms with Crippen LogP contribution in [0.15, 0.2) is 64.3 Å². The molecule has 1 aliphatic carbocycles. The molecular weight excluding hydrogens is 446 g/mol. The summed E-state index contributed by atoms with van der Waals surface area (Å²) in [5.74, 6) is 1.11. The molecule has 1 fully saturated rings. The van der Waals surface area contributed by atoms with E-state index in [1.807, 2.05) is 0 Å². The Morgan fingerprint density at radius 2 is 1.84 bits per heavy atom. The standard InChI is InChI=1S/C23H25N3O4S2/c27-23(18-10-12-19(13-11-18)26-32(28,29)21-9-5-15-31-21)25-22-20(8-4-14-24-22)30-16-17-6-2-1-3-7-17/h4-5,8-15,17,26H,1-3,6-7,16H2,(H,24,25,27). The lowest BCUT2D eigenvalue weighted by Crippen LogP contribution is -2.18. The molecule has 168 valence electrons. The predicted molar refractivity (Wildman–Crippen MR) is 126 cm³/mol. The van der Waals surface area contributed by atoms with Crippen molar-refractivity contribution < 1.29 is 17.9 Å². The molecule has 0 atom stereocenters. The number of thiophene rings is 1. The summed E-state index contributed by atoms with van der Waals surface area (Å²) in [5.41, 5.74) is 0.761. The first-order valence-electron chi connectivity index (χ1n) is 10.6. The van der Waals surface area contributed by atoms with Gasteiger partial charge in [0.05, 0.1) is 6.61 Å². The molecular formula is C23H25N3O4S2. The van der Waals surface area contributed by atoms with E-state index in [0.29, 0.717) is 35.3 Å². The van der Waals surface area contributed by atoms with Crippen molar-refractivity contribution in [2.24, 2.45) is 5.92 Å². The van der Waals surface area contributed by atoms with Crippen molar-refractivity contribution in [1.82, 2.24) is 4.98 Å². The SMILES string of the molecule is O=C(Nc1ncccc1OCC1CCCCC1)c1ccc(NS(=O)(=O)c2cccs2)cc1. The van der Waals surface area contributed by atoms with Crippen LogP contribution in [0.2, 0.25) is 0 Å². The highest BCUT2D eigenvalue weighted by Gasteiger charge is 2.17. The van der Waals surface area contributed by atoms with E-state index in [9.17, 15) is 13.2 Å². The Bertz CT molecular complexity index is 1140. The zero-order chi connectivity index (χ0) is 22.4. The number of pyridine rings is 1. The lowest BCUT2D eigenvalue weighted by Gasteiger charge is -2.22. The van der Waals surface area contributed by atoms with Crippen LogP contribution in [0.3, 0.4) is 0 Å². The molecule has 0 bridgehead atoms. The zero-order valence-corrected chi connectivity index (χ0v) is 19.1. The summed E-state index contributed by atoms with van der Waals surface area (Å²) in [7, 11) is -3.63. The minimum absolute atomic E-state index is 0.232. The molecule has 0 spiro atoms. The molecule has 2 heterocycles. The third-order valence-corrected chi connectivity index (χ3v) is 8.14. The van der Waals surface area contributed by atoms with Crippen LogP contribution in [-0.2, 0) is 10.0 Å². The molecule has 7 nitrogen and oxygen atoms in total. The first kappa shape index (κ1) is 22.3. The van der Waals surface area contributed by atoms with Crippen LogP contribution in [0.4, 0.5) is 11.5 Å². The number of nitrogens with one attached hydrogen (secondary N) is 2. The first-order valence-corrected chi connectivity index (χ1v) is 12.9. The van der Waals surface area contributed by atoms with Crippen LogP contribution in [-0.4, -0.2) is 25.9 Å². The van der Waals surface area contributed by atoms with Crippen molar-refractivity contribution in [3.05, 3.63) is 65.7 Å². The smallest absolute Gasteiger partial charge is 0.271 e. The zero-order valence-electron chi connectivity index (χ0n) is 17.5. The fourth-order valence-electron chi connectivity index (χ4n) is 3.65. The minimum Gasteiger partial charge on any atom is -0.489 e. The summed E-state index contributed by atoms with van der Waals surface area (Å²) in [6.07, 6.45) is 7.72. The van der Waals surface area contributed by atoms with Crippen LogP contribution >= 0.6 is 11.3 Å². The molecule has 2 N–H and O–H groups in total. The van der Waals surface area contributed by atoms with Gasteiger partial charge < -0.3 is 10.1 Å². The summed E-state index contributed by atoms with van der Waals surface area (Å²) < 4.78 is 33.4. The lowest BCUT2D eigenvalue weighted by atomic mass is 9.90. The topological polar surface area (TPSA) is 97.4 Å². The van der Waals surface area contributed by atoms with Crippen LogP contribution < -0.4 is 14.8 Å². The highest BCUT2D eigenvalue weighted by Crippen LogP contribution is 2.27. The number of aromatic nitrogens is 1. The van der Waals surface area contributed by atoms with Crippen molar-refractivity contribution in [2.75, 3.05) is 16.6 Å². The number of hydrogen-bond acceptors (Lipinski definition) is 6. The van der Waals surface area contributed by atoms with Crippen molar-refractivity contribution in [1.29, 1.82) is 0 Å².